The van der Waals surface area contributed by atoms with E-state index in [0.717, 1.165) is 18.4 Å². The first-order valence-electron chi connectivity index (χ1n) is 8.59. The molecule has 0 aliphatic carbocycles. The Hall–Kier alpha value is -2.69. The van der Waals surface area contributed by atoms with Crippen LogP contribution in [0.4, 0.5) is 0 Å². The van der Waals surface area contributed by atoms with Gasteiger partial charge in [0.15, 0.2) is 5.78 Å². The molecule has 3 rings (SSSR count). The number of Topliss-reactive ketones (excluding diaryl/α,β-unsaturated/α-hetero) is 1. The van der Waals surface area contributed by atoms with Gasteiger partial charge in [-0.3, -0.25) is 14.4 Å². The van der Waals surface area contributed by atoms with Crippen LogP contribution in [0.5, 0.6) is 0 Å². The summed E-state index contributed by atoms with van der Waals surface area (Å²) < 4.78 is 1.42. The Balaban J connectivity index is 1.67. The second kappa shape index (κ2) is 7.47. The number of hydrogen-bond acceptors (Lipinski definition) is 3. The Morgan fingerprint density at radius 1 is 1.16 bits per heavy atom. The molecular weight excluding hydrogens is 316 g/mol. The van der Waals surface area contributed by atoms with Crippen LogP contribution in [0.25, 0.3) is 0 Å². The summed E-state index contributed by atoms with van der Waals surface area (Å²) in [4.78, 5) is 38.8. The van der Waals surface area contributed by atoms with E-state index in [9.17, 15) is 14.4 Å². The molecule has 1 amide bonds. The van der Waals surface area contributed by atoms with Crippen LogP contribution in [-0.2, 0) is 11.3 Å². The number of aryl methyl sites for hydroxylation is 1. The number of carbonyl (C=O) groups excluding carboxylic acids is 2. The summed E-state index contributed by atoms with van der Waals surface area (Å²) in [5, 5.41) is 0. The highest BCUT2D eigenvalue weighted by Gasteiger charge is 2.30. The largest absolute Gasteiger partial charge is 0.338 e. The van der Waals surface area contributed by atoms with Gasteiger partial charge in [0.25, 0.3) is 5.56 Å². The van der Waals surface area contributed by atoms with Gasteiger partial charge < -0.3 is 9.47 Å². The first-order valence-corrected chi connectivity index (χ1v) is 8.59. The van der Waals surface area contributed by atoms with Gasteiger partial charge in [-0.1, -0.05) is 30.3 Å². The van der Waals surface area contributed by atoms with Crippen molar-refractivity contribution >= 4 is 11.7 Å². The Bertz CT molecular complexity index is 826. The van der Waals surface area contributed by atoms with Crippen molar-refractivity contribution in [3.05, 3.63) is 70.1 Å². The monoisotopic (exact) mass is 338 g/mol. The highest BCUT2D eigenvalue weighted by molar-refractivity contribution is 5.96. The van der Waals surface area contributed by atoms with Gasteiger partial charge in [-0.05, 0) is 31.4 Å². The molecule has 25 heavy (non-hydrogen) atoms. The standard InChI is InChI=1S/C20H22N2O3/c1-15-9-11-21(19(24)12-15)14-20(25)22-10-5-8-17(22)13-18(23)16-6-3-2-4-7-16/h2-4,6-7,9,11-12,17H,5,8,10,13-14H2,1H3/t17-/m1/s1. The van der Waals surface area contributed by atoms with Crippen LogP contribution in [-0.4, -0.2) is 33.7 Å². The Morgan fingerprint density at radius 2 is 1.92 bits per heavy atom. The van der Waals surface area contributed by atoms with E-state index in [1.807, 2.05) is 31.2 Å². The minimum absolute atomic E-state index is 0.0230. The van der Waals surface area contributed by atoms with Crippen molar-refractivity contribution < 1.29 is 9.59 Å². The molecule has 1 aliphatic heterocycles. The average molecular weight is 338 g/mol. The van der Waals surface area contributed by atoms with Crippen molar-refractivity contribution in [3.8, 4) is 0 Å². The summed E-state index contributed by atoms with van der Waals surface area (Å²) in [6.07, 6.45) is 3.70. The van der Waals surface area contributed by atoms with Gasteiger partial charge in [0.1, 0.15) is 6.54 Å². The molecule has 0 N–H and O–H groups in total. The summed E-state index contributed by atoms with van der Waals surface area (Å²) in [7, 11) is 0. The number of nitrogens with zero attached hydrogens (tertiary/aromatic N) is 2. The molecule has 1 aliphatic rings. The minimum atomic E-state index is -0.176. The molecule has 0 bridgehead atoms. The lowest BCUT2D eigenvalue weighted by molar-refractivity contribution is -0.132. The number of aromatic nitrogens is 1. The molecule has 5 nitrogen and oxygen atoms in total. The Labute approximate surface area is 146 Å². The maximum Gasteiger partial charge on any atom is 0.251 e. The summed E-state index contributed by atoms with van der Waals surface area (Å²) in [5.74, 6) is -0.0490. The second-order valence-corrected chi connectivity index (χ2v) is 6.55. The van der Waals surface area contributed by atoms with E-state index >= 15 is 0 Å². The molecule has 2 aromatic rings. The predicted molar refractivity (Wildman–Crippen MR) is 95.6 cm³/mol. The summed E-state index contributed by atoms with van der Waals surface area (Å²) >= 11 is 0. The highest BCUT2D eigenvalue weighted by atomic mass is 16.2. The van der Waals surface area contributed by atoms with Crippen molar-refractivity contribution in [2.75, 3.05) is 6.54 Å². The number of ketones is 1. The van der Waals surface area contributed by atoms with E-state index < -0.39 is 0 Å². The van der Waals surface area contributed by atoms with Crippen molar-refractivity contribution in [2.45, 2.75) is 38.8 Å². The van der Waals surface area contributed by atoms with Crippen molar-refractivity contribution in [2.24, 2.45) is 0 Å². The zero-order chi connectivity index (χ0) is 17.8. The number of benzene rings is 1. The first-order chi connectivity index (χ1) is 12.0. The third-order valence-electron chi connectivity index (χ3n) is 4.67. The Kier molecular flexibility index (Phi) is 5.12. The van der Waals surface area contributed by atoms with Gasteiger partial charge in [0.2, 0.25) is 5.91 Å². The molecule has 1 fully saturated rings. The van der Waals surface area contributed by atoms with Gasteiger partial charge in [-0.25, -0.2) is 0 Å². The number of carbonyl (C=O) groups is 2. The van der Waals surface area contributed by atoms with Crippen LogP contribution in [0.15, 0.2) is 53.5 Å². The maximum atomic E-state index is 12.6. The lowest BCUT2D eigenvalue weighted by Gasteiger charge is -2.24. The third kappa shape index (κ3) is 4.05. The van der Waals surface area contributed by atoms with Crippen molar-refractivity contribution in [1.82, 2.24) is 9.47 Å². The number of likely N-dealkylation sites (tertiary alicyclic amines) is 1. The predicted octanol–water partition coefficient (Wildman–Crippen LogP) is 2.42. The average Bonchev–Trinajstić information content (AvgIpc) is 3.06. The van der Waals surface area contributed by atoms with E-state index in [-0.39, 0.29) is 29.8 Å². The molecule has 2 heterocycles. The smallest absolute Gasteiger partial charge is 0.251 e. The lowest BCUT2D eigenvalue weighted by Crippen LogP contribution is -2.40. The van der Waals surface area contributed by atoms with E-state index in [1.165, 1.54) is 10.6 Å². The molecule has 1 aromatic carbocycles. The second-order valence-electron chi connectivity index (χ2n) is 6.55. The Morgan fingerprint density at radius 3 is 2.64 bits per heavy atom. The number of amides is 1. The van der Waals surface area contributed by atoms with Gasteiger partial charge >= 0.3 is 0 Å². The van der Waals surface area contributed by atoms with Crippen LogP contribution >= 0.6 is 0 Å². The van der Waals surface area contributed by atoms with E-state index in [0.29, 0.717) is 18.5 Å². The van der Waals surface area contributed by atoms with Gasteiger partial charge in [0, 0.05) is 36.8 Å². The highest BCUT2D eigenvalue weighted by Crippen LogP contribution is 2.22. The molecule has 0 radical (unpaired) electrons. The van der Waals surface area contributed by atoms with Crippen molar-refractivity contribution in [1.29, 1.82) is 0 Å². The zero-order valence-corrected chi connectivity index (χ0v) is 14.4. The van der Waals surface area contributed by atoms with Crippen LogP contribution in [0.2, 0.25) is 0 Å². The third-order valence-corrected chi connectivity index (χ3v) is 4.67. The molecular formula is C20H22N2O3. The molecule has 0 unspecified atom stereocenters. The van der Waals surface area contributed by atoms with Crippen LogP contribution in [0.3, 0.4) is 0 Å². The quantitative estimate of drug-likeness (QED) is 0.787. The zero-order valence-electron chi connectivity index (χ0n) is 14.4. The van der Waals surface area contributed by atoms with E-state index in [1.54, 1.807) is 23.2 Å². The lowest BCUT2D eigenvalue weighted by atomic mass is 10.0. The fourth-order valence-corrected chi connectivity index (χ4v) is 3.31. The summed E-state index contributed by atoms with van der Waals surface area (Å²) in [5.41, 5.74) is 1.38. The topological polar surface area (TPSA) is 59.4 Å². The molecule has 130 valence electrons. The van der Waals surface area contributed by atoms with Crippen molar-refractivity contribution in [3.63, 3.8) is 0 Å². The van der Waals surface area contributed by atoms with Gasteiger partial charge in [-0.2, -0.15) is 0 Å². The van der Waals surface area contributed by atoms with Crippen LogP contribution in [0, 0.1) is 6.92 Å². The molecule has 5 heteroatoms. The minimum Gasteiger partial charge on any atom is -0.338 e. The van der Waals surface area contributed by atoms with Crippen LogP contribution < -0.4 is 5.56 Å². The molecule has 0 spiro atoms. The fraction of sp³-hybridized carbons (Fsp3) is 0.350. The van der Waals surface area contributed by atoms with E-state index in [2.05, 4.69) is 0 Å². The summed E-state index contributed by atoms with van der Waals surface area (Å²) in [6.45, 7) is 2.51. The SMILES string of the molecule is Cc1ccn(CC(=O)N2CCC[C@@H]2CC(=O)c2ccccc2)c(=O)c1. The molecule has 1 aromatic heterocycles. The normalized spacial score (nSPS) is 16.8. The van der Waals surface area contributed by atoms with Gasteiger partial charge in [0.05, 0.1) is 0 Å². The fourth-order valence-electron chi connectivity index (χ4n) is 3.31. The summed E-state index contributed by atoms with van der Waals surface area (Å²) in [6, 6.07) is 12.4. The molecule has 0 saturated carbocycles. The van der Waals surface area contributed by atoms with E-state index in [4.69, 9.17) is 0 Å². The van der Waals surface area contributed by atoms with Gasteiger partial charge in [-0.15, -0.1) is 0 Å². The number of rotatable bonds is 5. The number of pyridine rings is 1. The number of hydrogen-bond donors (Lipinski definition) is 0. The maximum absolute atomic E-state index is 12.6. The van der Waals surface area contributed by atoms with Crippen LogP contribution in [0.1, 0.15) is 35.2 Å². The first kappa shape index (κ1) is 17.1. The molecule has 1 saturated heterocycles. The molecule has 1 atom stereocenters.